The summed E-state index contributed by atoms with van der Waals surface area (Å²) >= 11 is 0. The van der Waals surface area contributed by atoms with E-state index in [-0.39, 0.29) is 0 Å². The Morgan fingerprint density at radius 3 is 2.56 bits per heavy atom. The largest absolute Gasteiger partial charge is 0.318 e. The van der Waals surface area contributed by atoms with E-state index in [4.69, 9.17) is 0 Å². The Morgan fingerprint density at radius 1 is 1.28 bits per heavy atom. The molecule has 1 aromatic carbocycles. The van der Waals surface area contributed by atoms with E-state index < -0.39 is 17.8 Å². The van der Waals surface area contributed by atoms with E-state index in [2.05, 4.69) is 10.2 Å². The van der Waals surface area contributed by atoms with Crippen molar-refractivity contribution in [3.63, 3.8) is 0 Å². The average Bonchev–Trinajstić information content (AvgIpc) is 2.63. The molecule has 0 amide bonds. The zero-order valence-electron chi connectivity index (χ0n) is 9.86. The molecule has 0 N–H and O–H groups in total. The summed E-state index contributed by atoms with van der Waals surface area (Å²) in [6.07, 6.45) is -1.26. The lowest BCUT2D eigenvalue weighted by molar-refractivity contribution is 0.146. The maximum absolute atomic E-state index is 13.1. The Hall–Kier alpha value is -1.85. The second kappa shape index (κ2) is 4.80. The third-order valence-electron chi connectivity index (χ3n) is 2.68. The van der Waals surface area contributed by atoms with E-state index in [1.165, 1.54) is 6.07 Å². The summed E-state index contributed by atoms with van der Waals surface area (Å²) in [5, 5.41) is 7.73. The topological polar surface area (TPSA) is 30.7 Å². The molecule has 0 aliphatic heterocycles. The highest BCUT2D eigenvalue weighted by Crippen LogP contribution is 2.24. The second-order valence-electron chi connectivity index (χ2n) is 3.89. The van der Waals surface area contributed by atoms with Crippen molar-refractivity contribution in [2.24, 2.45) is 7.05 Å². The first-order valence-corrected chi connectivity index (χ1v) is 5.27. The van der Waals surface area contributed by atoms with E-state index in [0.29, 0.717) is 17.2 Å². The molecule has 0 unspecified atom stereocenters. The zero-order valence-corrected chi connectivity index (χ0v) is 9.86. The maximum Gasteiger partial charge on any atom is 0.266 e. The predicted octanol–water partition coefficient (Wildman–Crippen LogP) is 2.80. The lowest BCUT2D eigenvalue weighted by atomic mass is 10.1. The standard InChI is InChI=1S/C12H11F3N3/c1-7-16-17-11(18(7)2)6-8-3-4-10(13)9(5-8)12(14)15/h3-6,12H,1-2H3. The monoisotopic (exact) mass is 254 g/mol. The Kier molecular flexibility index (Phi) is 3.36. The van der Waals surface area contributed by atoms with Crippen molar-refractivity contribution >= 4 is 0 Å². The van der Waals surface area contributed by atoms with Gasteiger partial charge in [0.25, 0.3) is 6.43 Å². The molecule has 2 aromatic rings. The van der Waals surface area contributed by atoms with Crippen LogP contribution in [0.1, 0.15) is 29.2 Å². The van der Waals surface area contributed by atoms with E-state index in [9.17, 15) is 13.2 Å². The van der Waals surface area contributed by atoms with Crippen LogP contribution in [0.3, 0.4) is 0 Å². The van der Waals surface area contributed by atoms with Gasteiger partial charge in [0.2, 0.25) is 0 Å². The molecule has 3 nitrogen and oxygen atoms in total. The van der Waals surface area contributed by atoms with Crippen molar-refractivity contribution in [1.29, 1.82) is 0 Å². The van der Waals surface area contributed by atoms with Gasteiger partial charge in [-0.05, 0) is 24.6 Å². The number of rotatable bonds is 3. The van der Waals surface area contributed by atoms with Crippen molar-refractivity contribution in [1.82, 2.24) is 14.8 Å². The van der Waals surface area contributed by atoms with Gasteiger partial charge >= 0.3 is 0 Å². The molecule has 6 heteroatoms. The van der Waals surface area contributed by atoms with Crippen LogP contribution in [0.2, 0.25) is 0 Å². The van der Waals surface area contributed by atoms with Crippen molar-refractivity contribution in [3.8, 4) is 0 Å². The second-order valence-corrected chi connectivity index (χ2v) is 3.89. The number of alkyl halides is 2. The van der Waals surface area contributed by atoms with Crippen LogP contribution in [0.25, 0.3) is 0 Å². The summed E-state index contributed by atoms with van der Waals surface area (Å²) in [6.45, 7) is 1.78. The van der Waals surface area contributed by atoms with Gasteiger partial charge in [-0.2, -0.15) is 0 Å². The molecule has 2 rings (SSSR count). The summed E-state index contributed by atoms with van der Waals surface area (Å²) in [5.74, 6) is 0.327. The molecular weight excluding hydrogens is 243 g/mol. The van der Waals surface area contributed by atoms with Gasteiger partial charge in [-0.25, -0.2) is 13.2 Å². The van der Waals surface area contributed by atoms with Crippen LogP contribution in [-0.2, 0) is 7.05 Å². The van der Waals surface area contributed by atoms with Crippen molar-refractivity contribution in [2.45, 2.75) is 13.3 Å². The minimum Gasteiger partial charge on any atom is -0.318 e. The molecule has 0 bridgehead atoms. The minimum absolute atomic E-state index is 0.460. The summed E-state index contributed by atoms with van der Waals surface area (Å²) in [5.41, 5.74) is -0.148. The minimum atomic E-state index is -2.83. The summed E-state index contributed by atoms with van der Waals surface area (Å²) in [7, 11) is 1.76. The van der Waals surface area contributed by atoms with E-state index in [1.807, 2.05) is 0 Å². The van der Waals surface area contributed by atoms with Crippen LogP contribution >= 0.6 is 0 Å². The fourth-order valence-electron chi connectivity index (χ4n) is 1.52. The average molecular weight is 254 g/mol. The Labute approximate surface area is 102 Å². The van der Waals surface area contributed by atoms with Gasteiger partial charge in [0.15, 0.2) is 0 Å². The van der Waals surface area contributed by atoms with Crippen molar-refractivity contribution < 1.29 is 13.2 Å². The summed E-state index contributed by atoms with van der Waals surface area (Å²) in [6, 6.07) is 3.56. The highest BCUT2D eigenvalue weighted by Gasteiger charge is 2.15. The van der Waals surface area contributed by atoms with Crippen LogP contribution in [0.15, 0.2) is 18.2 Å². The highest BCUT2D eigenvalue weighted by atomic mass is 19.3. The zero-order chi connectivity index (χ0) is 13.3. The molecule has 0 atom stereocenters. The molecule has 0 fully saturated rings. The lowest BCUT2D eigenvalue weighted by Crippen LogP contribution is -2.00. The smallest absolute Gasteiger partial charge is 0.266 e. The SMILES string of the molecule is Cc1nnc([CH]c2ccc(F)c(C(F)F)c2)n1C. The first kappa shape index (κ1) is 12.6. The van der Waals surface area contributed by atoms with Gasteiger partial charge in [-0.15, -0.1) is 10.2 Å². The van der Waals surface area contributed by atoms with Crippen LogP contribution in [0.5, 0.6) is 0 Å². The molecule has 95 valence electrons. The molecule has 1 radical (unpaired) electrons. The van der Waals surface area contributed by atoms with Crippen LogP contribution < -0.4 is 0 Å². The number of aromatic nitrogens is 3. The fraction of sp³-hybridized carbons (Fsp3) is 0.250. The Morgan fingerprint density at radius 2 is 2.00 bits per heavy atom. The number of halogens is 3. The number of hydrogen-bond donors (Lipinski definition) is 0. The summed E-state index contributed by atoms with van der Waals surface area (Å²) < 4.78 is 39.9. The van der Waals surface area contributed by atoms with Gasteiger partial charge in [0, 0.05) is 7.05 Å². The van der Waals surface area contributed by atoms with Crippen molar-refractivity contribution in [3.05, 3.63) is 53.2 Å². The number of aryl methyl sites for hydroxylation is 1. The van der Waals surface area contributed by atoms with E-state index in [1.54, 1.807) is 25.0 Å². The number of hydrogen-bond acceptors (Lipinski definition) is 2. The number of nitrogens with zero attached hydrogens (tertiary/aromatic N) is 3. The van der Waals surface area contributed by atoms with Gasteiger partial charge in [0.1, 0.15) is 17.5 Å². The first-order chi connectivity index (χ1) is 8.49. The fourth-order valence-corrected chi connectivity index (χ4v) is 1.52. The first-order valence-electron chi connectivity index (χ1n) is 5.27. The molecular formula is C12H11F3N3. The molecule has 0 spiro atoms. The van der Waals surface area contributed by atoms with Crippen LogP contribution in [-0.4, -0.2) is 14.8 Å². The van der Waals surface area contributed by atoms with Gasteiger partial charge in [0.05, 0.1) is 12.0 Å². The summed E-state index contributed by atoms with van der Waals surface area (Å²) in [4.78, 5) is 0. The Bertz CT molecular complexity index is 564. The molecule has 1 heterocycles. The van der Waals surface area contributed by atoms with Crippen LogP contribution in [0.4, 0.5) is 13.2 Å². The molecule has 0 saturated heterocycles. The van der Waals surface area contributed by atoms with Crippen molar-refractivity contribution in [2.75, 3.05) is 0 Å². The molecule has 18 heavy (non-hydrogen) atoms. The maximum atomic E-state index is 13.1. The Balaban J connectivity index is 2.30. The third kappa shape index (κ3) is 2.37. The lowest BCUT2D eigenvalue weighted by Gasteiger charge is -2.06. The normalized spacial score (nSPS) is 11.2. The molecule has 1 aromatic heterocycles. The molecule has 0 saturated carbocycles. The van der Waals surface area contributed by atoms with Gasteiger partial charge in [-0.3, -0.25) is 0 Å². The third-order valence-corrected chi connectivity index (χ3v) is 2.68. The predicted molar refractivity (Wildman–Crippen MR) is 59.6 cm³/mol. The number of benzene rings is 1. The molecule has 0 aliphatic rings. The quantitative estimate of drug-likeness (QED) is 0.843. The van der Waals surface area contributed by atoms with Crippen LogP contribution in [0, 0.1) is 19.2 Å². The van der Waals surface area contributed by atoms with Gasteiger partial charge < -0.3 is 4.57 Å². The van der Waals surface area contributed by atoms with E-state index in [0.717, 1.165) is 12.1 Å². The highest BCUT2D eigenvalue weighted by molar-refractivity contribution is 5.35. The molecule has 0 aliphatic carbocycles. The van der Waals surface area contributed by atoms with Gasteiger partial charge in [-0.1, -0.05) is 6.07 Å². The van der Waals surface area contributed by atoms with E-state index >= 15 is 0 Å².